The standard InChI is InChI=1S/C18H30O3S2/c1-16-8-6-14(21-15(22)23-4)17(2,11-19)12(16)5-9-18(3)13(16)7-10-20-18/h12-14,19H,5-11H2,1-4H3/t12-,13-,14+,16+,17-,18-/m1/s1. The molecule has 3 rings (SSSR count). The summed E-state index contributed by atoms with van der Waals surface area (Å²) in [5, 5.41) is 10.3. The van der Waals surface area contributed by atoms with Crippen LogP contribution in [0.4, 0.5) is 0 Å². The fourth-order valence-electron chi connectivity index (χ4n) is 6.09. The first-order chi connectivity index (χ1) is 10.8. The molecule has 0 aromatic rings. The van der Waals surface area contributed by atoms with Gasteiger partial charge in [-0.25, -0.2) is 0 Å². The molecule has 1 N–H and O–H groups in total. The van der Waals surface area contributed by atoms with Crippen molar-refractivity contribution in [1.82, 2.24) is 0 Å². The van der Waals surface area contributed by atoms with Gasteiger partial charge in [0.2, 0.25) is 4.38 Å². The molecule has 3 aliphatic rings. The van der Waals surface area contributed by atoms with E-state index in [2.05, 4.69) is 20.8 Å². The lowest BCUT2D eigenvalue weighted by atomic mass is 9.44. The summed E-state index contributed by atoms with van der Waals surface area (Å²) < 4.78 is 12.8. The molecule has 0 bridgehead atoms. The molecule has 2 aliphatic carbocycles. The highest BCUT2D eigenvalue weighted by atomic mass is 32.2. The predicted octanol–water partition coefficient (Wildman–Crippen LogP) is 4.02. The highest BCUT2D eigenvalue weighted by Crippen LogP contribution is 2.65. The van der Waals surface area contributed by atoms with Gasteiger partial charge in [0.05, 0.1) is 12.2 Å². The van der Waals surface area contributed by atoms with E-state index in [1.807, 2.05) is 6.26 Å². The molecule has 0 spiro atoms. The van der Waals surface area contributed by atoms with Crippen molar-refractivity contribution >= 4 is 28.4 Å². The maximum absolute atomic E-state index is 10.3. The normalized spacial score (nSPS) is 49.3. The highest BCUT2D eigenvalue weighted by Gasteiger charge is 2.64. The van der Waals surface area contributed by atoms with Gasteiger partial charge < -0.3 is 14.6 Å². The van der Waals surface area contributed by atoms with Crippen LogP contribution in [-0.2, 0) is 9.47 Å². The third-order valence-electron chi connectivity index (χ3n) is 7.32. The minimum atomic E-state index is -0.225. The second-order valence-corrected chi connectivity index (χ2v) is 9.77. The van der Waals surface area contributed by atoms with Crippen LogP contribution in [0.2, 0.25) is 0 Å². The van der Waals surface area contributed by atoms with Crippen LogP contribution in [0, 0.1) is 22.7 Å². The van der Waals surface area contributed by atoms with Gasteiger partial charge in [0.1, 0.15) is 6.10 Å². The van der Waals surface area contributed by atoms with E-state index in [0.717, 1.165) is 38.7 Å². The monoisotopic (exact) mass is 358 g/mol. The Morgan fingerprint density at radius 1 is 1.22 bits per heavy atom. The minimum Gasteiger partial charge on any atom is -0.475 e. The van der Waals surface area contributed by atoms with Crippen molar-refractivity contribution in [3.05, 3.63) is 0 Å². The van der Waals surface area contributed by atoms with E-state index in [1.165, 1.54) is 11.8 Å². The summed E-state index contributed by atoms with van der Waals surface area (Å²) in [6.07, 6.45) is 7.43. The van der Waals surface area contributed by atoms with Crippen LogP contribution in [0.5, 0.6) is 0 Å². The van der Waals surface area contributed by atoms with Crippen molar-refractivity contribution in [2.24, 2.45) is 22.7 Å². The zero-order valence-corrected chi connectivity index (χ0v) is 16.4. The fraction of sp³-hybridized carbons (Fsp3) is 0.944. The highest BCUT2D eigenvalue weighted by molar-refractivity contribution is 8.22. The number of aliphatic hydroxyl groups is 1. The number of fused-ring (bicyclic) bond motifs is 3. The lowest BCUT2D eigenvalue weighted by Crippen LogP contribution is -2.61. The van der Waals surface area contributed by atoms with E-state index >= 15 is 0 Å². The number of thioether (sulfide) groups is 1. The van der Waals surface area contributed by atoms with Crippen LogP contribution in [0.1, 0.15) is 52.9 Å². The van der Waals surface area contributed by atoms with Gasteiger partial charge in [-0.2, -0.15) is 0 Å². The average Bonchev–Trinajstić information content (AvgIpc) is 2.93. The smallest absolute Gasteiger partial charge is 0.219 e. The third-order valence-corrected chi connectivity index (χ3v) is 8.35. The van der Waals surface area contributed by atoms with Gasteiger partial charge in [-0.3, -0.25) is 0 Å². The number of hydrogen-bond donors (Lipinski definition) is 1. The second-order valence-electron chi connectivity index (χ2n) is 8.36. The van der Waals surface area contributed by atoms with E-state index < -0.39 is 0 Å². The molecule has 3 fully saturated rings. The largest absolute Gasteiger partial charge is 0.475 e. The Balaban J connectivity index is 1.91. The van der Waals surface area contributed by atoms with Crippen LogP contribution in [-0.4, -0.2) is 40.7 Å². The molecule has 23 heavy (non-hydrogen) atoms. The second kappa shape index (κ2) is 6.15. The lowest BCUT2D eigenvalue weighted by molar-refractivity contribution is -0.191. The minimum absolute atomic E-state index is 0.0252. The zero-order valence-electron chi connectivity index (χ0n) is 14.8. The molecule has 132 valence electrons. The maximum atomic E-state index is 10.3. The molecule has 5 heteroatoms. The Hall–Kier alpha value is 0.160. The molecule has 3 nitrogen and oxygen atoms in total. The quantitative estimate of drug-likeness (QED) is 0.755. The number of thiocarbonyl (C=S) groups is 1. The number of aliphatic hydroxyl groups excluding tert-OH is 1. The van der Waals surface area contributed by atoms with Gasteiger partial charge in [-0.05, 0) is 74.8 Å². The van der Waals surface area contributed by atoms with E-state index in [0.29, 0.717) is 16.2 Å². The summed E-state index contributed by atoms with van der Waals surface area (Å²) in [5.74, 6) is 1.05. The van der Waals surface area contributed by atoms with Crippen molar-refractivity contribution in [2.45, 2.75) is 64.6 Å². The summed E-state index contributed by atoms with van der Waals surface area (Å²) in [4.78, 5) is 0. The fourth-order valence-corrected chi connectivity index (χ4v) is 6.42. The van der Waals surface area contributed by atoms with Crippen molar-refractivity contribution in [3.63, 3.8) is 0 Å². The van der Waals surface area contributed by atoms with Crippen LogP contribution in [0.25, 0.3) is 0 Å². The molecule has 0 radical (unpaired) electrons. The number of ether oxygens (including phenoxy) is 2. The Labute approximate surface area is 149 Å². The van der Waals surface area contributed by atoms with E-state index in [9.17, 15) is 5.11 Å². The molecular formula is C18H30O3S2. The molecule has 0 aromatic heterocycles. The predicted molar refractivity (Wildman–Crippen MR) is 98.7 cm³/mol. The lowest BCUT2D eigenvalue weighted by Gasteiger charge is -2.62. The third kappa shape index (κ3) is 2.66. The van der Waals surface area contributed by atoms with E-state index in [-0.39, 0.29) is 29.1 Å². The topological polar surface area (TPSA) is 38.7 Å². The van der Waals surface area contributed by atoms with Gasteiger partial charge in [0.15, 0.2) is 0 Å². The van der Waals surface area contributed by atoms with Gasteiger partial charge in [0.25, 0.3) is 0 Å². The number of hydrogen-bond acceptors (Lipinski definition) is 5. The molecule has 1 heterocycles. The molecule has 1 saturated heterocycles. The van der Waals surface area contributed by atoms with Crippen molar-refractivity contribution in [2.75, 3.05) is 19.5 Å². The maximum Gasteiger partial charge on any atom is 0.219 e. The summed E-state index contributed by atoms with van der Waals surface area (Å²) in [6.45, 7) is 8.00. The van der Waals surface area contributed by atoms with Crippen molar-refractivity contribution in [1.29, 1.82) is 0 Å². The summed E-state index contributed by atoms with van der Waals surface area (Å²) in [7, 11) is 0. The number of rotatable bonds is 2. The Morgan fingerprint density at radius 3 is 2.61 bits per heavy atom. The summed E-state index contributed by atoms with van der Waals surface area (Å²) in [6, 6.07) is 0. The zero-order chi connectivity index (χ0) is 16.9. The van der Waals surface area contributed by atoms with Gasteiger partial charge in [-0.15, -0.1) is 0 Å². The van der Waals surface area contributed by atoms with Crippen LogP contribution in [0.3, 0.4) is 0 Å². The van der Waals surface area contributed by atoms with E-state index in [1.54, 1.807) is 0 Å². The van der Waals surface area contributed by atoms with Gasteiger partial charge in [0, 0.05) is 12.0 Å². The van der Waals surface area contributed by atoms with Gasteiger partial charge >= 0.3 is 0 Å². The Kier molecular flexibility index (Phi) is 4.81. The molecule has 6 atom stereocenters. The average molecular weight is 359 g/mol. The first-order valence-corrected chi connectivity index (χ1v) is 10.4. The molecule has 0 aromatic carbocycles. The molecule has 0 amide bonds. The van der Waals surface area contributed by atoms with Crippen LogP contribution in [0.15, 0.2) is 0 Å². The van der Waals surface area contributed by atoms with Crippen molar-refractivity contribution in [3.8, 4) is 0 Å². The summed E-state index contributed by atoms with van der Waals surface area (Å²) in [5.41, 5.74) is 0.0302. The van der Waals surface area contributed by atoms with E-state index in [4.69, 9.17) is 21.7 Å². The Bertz CT molecular complexity index is 485. The summed E-state index contributed by atoms with van der Waals surface area (Å²) >= 11 is 6.77. The first-order valence-electron chi connectivity index (χ1n) is 8.79. The molecule has 2 saturated carbocycles. The molecule has 1 aliphatic heterocycles. The molecule has 0 unspecified atom stereocenters. The first kappa shape index (κ1) is 18.0. The van der Waals surface area contributed by atoms with Crippen LogP contribution >= 0.6 is 24.0 Å². The van der Waals surface area contributed by atoms with Gasteiger partial charge in [-0.1, -0.05) is 25.6 Å². The Morgan fingerprint density at radius 2 is 1.96 bits per heavy atom. The SMILES string of the molecule is CSC(=S)O[C@H]1CC[C@@]2(C)[C@@H](CC[C@@]3(C)OCC[C@H]23)[C@@]1(C)CO. The van der Waals surface area contributed by atoms with Crippen molar-refractivity contribution < 1.29 is 14.6 Å². The van der Waals surface area contributed by atoms with Crippen LogP contribution < -0.4 is 0 Å². The molecular weight excluding hydrogens is 328 g/mol.